The zero-order valence-electron chi connectivity index (χ0n) is 30.2. The van der Waals surface area contributed by atoms with E-state index in [0.717, 1.165) is 0 Å². The van der Waals surface area contributed by atoms with Crippen molar-refractivity contribution in [3.8, 4) is 23.0 Å². The maximum absolute atomic E-state index is 13.1. The van der Waals surface area contributed by atoms with Gasteiger partial charge >= 0.3 is 11.9 Å². The molecule has 0 bridgehead atoms. The third-order valence-corrected chi connectivity index (χ3v) is 10.1. The summed E-state index contributed by atoms with van der Waals surface area (Å²) in [5.74, 6) is -1.80. The molecular formula is C41H39ClN2O10S. The van der Waals surface area contributed by atoms with E-state index in [9.17, 15) is 34.5 Å². The van der Waals surface area contributed by atoms with Crippen molar-refractivity contribution in [2.75, 3.05) is 12.4 Å². The van der Waals surface area contributed by atoms with Crippen molar-refractivity contribution >= 4 is 47.1 Å². The van der Waals surface area contributed by atoms with E-state index in [1.54, 1.807) is 99.6 Å². The Labute approximate surface area is 326 Å². The van der Waals surface area contributed by atoms with Crippen molar-refractivity contribution in [2.45, 2.75) is 57.2 Å². The van der Waals surface area contributed by atoms with Gasteiger partial charge < -0.3 is 34.8 Å². The number of fused-ring (bicyclic) bond motifs is 1. The van der Waals surface area contributed by atoms with Crippen LogP contribution in [0.15, 0.2) is 90.6 Å². The zero-order valence-corrected chi connectivity index (χ0v) is 31.8. The molecule has 14 heteroatoms. The molecule has 12 nitrogen and oxygen atoms in total. The van der Waals surface area contributed by atoms with Gasteiger partial charge in [0.2, 0.25) is 0 Å². The van der Waals surface area contributed by atoms with Gasteiger partial charge in [-0.2, -0.15) is 0 Å². The number of carbonyl (C=O) groups is 4. The number of carbonyl (C=O) groups excluding carboxylic acids is 4. The molecule has 4 aromatic rings. The molecule has 6 rings (SSSR count). The second kappa shape index (κ2) is 16.4. The number of esters is 2. The van der Waals surface area contributed by atoms with Crippen LogP contribution in [0.1, 0.15) is 58.9 Å². The van der Waals surface area contributed by atoms with E-state index in [2.05, 4.69) is 5.32 Å². The van der Waals surface area contributed by atoms with Crippen molar-refractivity contribution < 1.29 is 48.7 Å². The van der Waals surface area contributed by atoms with E-state index in [0.29, 0.717) is 44.3 Å². The first kappa shape index (κ1) is 39.0. The number of para-hydroxylation sites is 2. The molecule has 1 saturated heterocycles. The Morgan fingerprint density at radius 2 is 1.56 bits per heavy atom. The molecular weight excluding hydrogens is 748 g/mol. The van der Waals surface area contributed by atoms with E-state index in [1.807, 2.05) is 0 Å². The number of nitrogens with one attached hydrogen (secondary N) is 1. The first-order valence-electron chi connectivity index (χ1n) is 17.3. The number of ether oxygens (including phenoxy) is 3. The van der Waals surface area contributed by atoms with Gasteiger partial charge in [0.15, 0.2) is 6.61 Å². The molecule has 2 aliphatic rings. The number of thioether (sulfide) groups is 1. The second-order valence-corrected chi connectivity index (χ2v) is 15.5. The van der Waals surface area contributed by atoms with Gasteiger partial charge in [-0.25, -0.2) is 9.59 Å². The minimum atomic E-state index is -0.823. The summed E-state index contributed by atoms with van der Waals surface area (Å²) in [5.41, 5.74) is 1.78. The van der Waals surface area contributed by atoms with Crippen molar-refractivity contribution in [3.05, 3.63) is 129 Å². The number of phenolic OH excluding ortho intramolecular Hbond substituents is 3. The number of phenols is 3. The van der Waals surface area contributed by atoms with Gasteiger partial charge in [-0.1, -0.05) is 54.1 Å². The van der Waals surface area contributed by atoms with Gasteiger partial charge in [0.1, 0.15) is 57.9 Å². The molecule has 2 amide bonds. The fraction of sp³-hybridized carbons (Fsp3) is 0.268. The van der Waals surface area contributed by atoms with Crippen molar-refractivity contribution in [3.63, 3.8) is 0 Å². The van der Waals surface area contributed by atoms with Crippen LogP contribution < -0.4 is 10.1 Å². The number of hydrogen-bond acceptors (Lipinski definition) is 11. The zero-order chi connectivity index (χ0) is 39.4. The maximum Gasteiger partial charge on any atom is 0.355 e. The van der Waals surface area contributed by atoms with Crippen LogP contribution in [0.3, 0.4) is 0 Å². The molecule has 0 aliphatic carbocycles. The topological polar surface area (TPSA) is 172 Å². The number of benzene rings is 4. The average molecular weight is 787 g/mol. The summed E-state index contributed by atoms with van der Waals surface area (Å²) in [7, 11) is 0. The van der Waals surface area contributed by atoms with E-state index < -0.39 is 47.4 Å². The minimum Gasteiger partial charge on any atom is -0.508 e. The van der Waals surface area contributed by atoms with Crippen LogP contribution in [0.4, 0.5) is 0 Å². The number of β-lactam (4-membered cyclic amide) rings is 1. The SMILES string of the molecule is CC(C)(C)OC(=O)C1=CCSC2C(NC(=O)COc3cccc(COC(=O)c4cccc(Cc5cc(Cl)cc(Cc6ccccc6O)c5O)c4O)c3)C(=O)N12. The Hall–Kier alpha value is -5.66. The summed E-state index contributed by atoms with van der Waals surface area (Å²) in [4.78, 5) is 52.8. The highest BCUT2D eigenvalue weighted by atomic mass is 35.5. The molecule has 0 radical (unpaired) electrons. The van der Waals surface area contributed by atoms with Crippen LogP contribution in [-0.4, -0.2) is 73.3 Å². The molecule has 2 atom stereocenters. The summed E-state index contributed by atoms with van der Waals surface area (Å²) in [6.45, 7) is 4.66. The van der Waals surface area contributed by atoms with Crippen molar-refractivity contribution in [1.82, 2.24) is 10.2 Å². The summed E-state index contributed by atoms with van der Waals surface area (Å²) in [6.07, 6.45) is 1.92. The van der Waals surface area contributed by atoms with E-state index in [4.69, 9.17) is 25.8 Å². The number of hydrogen-bond donors (Lipinski definition) is 4. The Morgan fingerprint density at radius 3 is 2.29 bits per heavy atom. The summed E-state index contributed by atoms with van der Waals surface area (Å²) >= 11 is 7.80. The third kappa shape index (κ3) is 9.18. The fourth-order valence-corrected chi connectivity index (χ4v) is 7.59. The van der Waals surface area contributed by atoms with Gasteiger partial charge in [0.25, 0.3) is 11.8 Å². The molecule has 55 heavy (non-hydrogen) atoms. The van der Waals surface area contributed by atoms with Gasteiger partial charge in [-0.15, -0.1) is 11.8 Å². The van der Waals surface area contributed by atoms with E-state index >= 15 is 0 Å². The highest BCUT2D eigenvalue weighted by Crippen LogP contribution is 2.38. The van der Waals surface area contributed by atoms with Crippen LogP contribution in [0.5, 0.6) is 23.0 Å². The first-order chi connectivity index (χ1) is 26.2. The standard InChI is InChI=1S/C41H39ClN2O10S/c1-41(2,3)54-40(51)31-14-15-55-38-34(37(49)44(31)38)43-33(46)22-52-29-11-6-8-23(16-29)21-53-39(50)30-12-7-10-25(36(30)48)18-27-20-28(42)19-26(35(27)47)17-24-9-4-5-13-32(24)45/h4-14,16,19-20,34,38,45,47-48H,15,17-18,21-22H2,1-3H3,(H,43,46). The number of halogens is 1. The quantitative estimate of drug-likeness (QED) is 0.0981. The number of rotatable bonds is 12. The molecule has 0 spiro atoms. The highest BCUT2D eigenvalue weighted by Gasteiger charge is 2.53. The lowest BCUT2D eigenvalue weighted by Gasteiger charge is -2.48. The lowest BCUT2D eigenvalue weighted by molar-refractivity contribution is -0.158. The molecule has 2 heterocycles. The number of amides is 2. The van der Waals surface area contributed by atoms with Gasteiger partial charge in [-0.05, 0) is 79.9 Å². The monoisotopic (exact) mass is 786 g/mol. The molecule has 0 saturated carbocycles. The number of aromatic hydroxyl groups is 3. The molecule has 4 N–H and O–H groups in total. The largest absolute Gasteiger partial charge is 0.508 e. The predicted octanol–water partition coefficient (Wildman–Crippen LogP) is 6.00. The summed E-state index contributed by atoms with van der Waals surface area (Å²) in [6, 6.07) is 20.4. The predicted molar refractivity (Wildman–Crippen MR) is 205 cm³/mol. The average Bonchev–Trinajstić information content (AvgIpc) is 3.14. The smallest absolute Gasteiger partial charge is 0.355 e. The number of nitrogens with zero attached hydrogens (tertiary/aromatic N) is 1. The van der Waals surface area contributed by atoms with Crippen LogP contribution in [0.2, 0.25) is 5.02 Å². The van der Waals surface area contributed by atoms with Crippen LogP contribution in [0.25, 0.3) is 0 Å². The van der Waals surface area contributed by atoms with E-state index in [1.165, 1.54) is 22.7 Å². The third-order valence-electron chi connectivity index (χ3n) is 8.73. The lowest BCUT2D eigenvalue weighted by atomic mass is 9.96. The second-order valence-electron chi connectivity index (χ2n) is 13.9. The van der Waals surface area contributed by atoms with Crippen LogP contribution >= 0.6 is 23.4 Å². The van der Waals surface area contributed by atoms with Crippen LogP contribution in [0, 0.1) is 0 Å². The molecule has 4 aromatic carbocycles. The Morgan fingerprint density at radius 1 is 0.873 bits per heavy atom. The van der Waals surface area contributed by atoms with E-state index in [-0.39, 0.29) is 48.0 Å². The molecule has 286 valence electrons. The Bertz CT molecular complexity index is 2180. The van der Waals surface area contributed by atoms with Crippen molar-refractivity contribution in [1.29, 1.82) is 0 Å². The van der Waals surface area contributed by atoms with Crippen LogP contribution in [-0.2, 0) is 43.3 Å². The minimum absolute atomic E-state index is 0.0441. The lowest BCUT2D eigenvalue weighted by Crippen LogP contribution is -2.70. The Balaban J connectivity index is 1.02. The van der Waals surface area contributed by atoms with Gasteiger partial charge in [0, 0.05) is 34.7 Å². The highest BCUT2D eigenvalue weighted by molar-refractivity contribution is 8.00. The summed E-state index contributed by atoms with van der Waals surface area (Å²) < 4.78 is 16.6. The Kier molecular flexibility index (Phi) is 11.6. The molecule has 0 aromatic heterocycles. The van der Waals surface area contributed by atoms with Gasteiger partial charge in [-0.3, -0.25) is 14.5 Å². The molecule has 2 unspecified atom stereocenters. The van der Waals surface area contributed by atoms with Crippen molar-refractivity contribution in [2.24, 2.45) is 0 Å². The summed E-state index contributed by atoms with van der Waals surface area (Å²) in [5, 5.41) is 35.0. The first-order valence-corrected chi connectivity index (χ1v) is 18.8. The normalized spacial score (nSPS) is 16.3. The molecule has 1 fully saturated rings. The maximum atomic E-state index is 13.1. The fourth-order valence-electron chi connectivity index (χ4n) is 6.13. The van der Waals surface area contributed by atoms with Gasteiger partial charge in [0.05, 0.1) is 0 Å². The molecule has 2 aliphatic heterocycles.